The summed E-state index contributed by atoms with van der Waals surface area (Å²) in [5.74, 6) is 1.61. The maximum Gasteiger partial charge on any atom is 0.221 e. The molecule has 2 aliphatic heterocycles. The molecule has 0 saturated carbocycles. The molecule has 5 heteroatoms. The molecule has 5 nitrogen and oxygen atoms in total. The van der Waals surface area contributed by atoms with Crippen molar-refractivity contribution < 1.29 is 14.3 Å². The maximum atomic E-state index is 11.9. The first kappa shape index (κ1) is 14.2. The summed E-state index contributed by atoms with van der Waals surface area (Å²) >= 11 is 0. The second-order valence-electron chi connectivity index (χ2n) is 5.60. The van der Waals surface area contributed by atoms with E-state index in [-0.39, 0.29) is 12.0 Å². The lowest BCUT2D eigenvalue weighted by atomic mass is 10.2. The van der Waals surface area contributed by atoms with Crippen LogP contribution in [0.5, 0.6) is 11.5 Å². The average Bonchev–Trinajstić information content (AvgIpc) is 3.04. The third-order valence-corrected chi connectivity index (χ3v) is 3.95. The van der Waals surface area contributed by atoms with Crippen molar-refractivity contribution in [3.8, 4) is 11.5 Å². The second kappa shape index (κ2) is 6.80. The van der Waals surface area contributed by atoms with Crippen molar-refractivity contribution in [2.75, 3.05) is 32.8 Å². The van der Waals surface area contributed by atoms with Gasteiger partial charge in [0, 0.05) is 13.0 Å². The smallest absolute Gasteiger partial charge is 0.221 e. The molecule has 1 aromatic rings. The summed E-state index contributed by atoms with van der Waals surface area (Å²) in [4.78, 5) is 14.2. The highest BCUT2D eigenvalue weighted by molar-refractivity contribution is 5.76. The molecule has 0 bridgehead atoms. The van der Waals surface area contributed by atoms with Crippen LogP contribution in [0, 0.1) is 0 Å². The lowest BCUT2D eigenvalue weighted by Crippen LogP contribution is -2.41. The SMILES string of the molecule is O=C(CCN1CCCC1)NCC1COc2ccccc2O1. The molecular weight excluding hydrogens is 268 g/mol. The Kier molecular flexibility index (Phi) is 4.60. The van der Waals surface area contributed by atoms with Gasteiger partial charge in [-0.25, -0.2) is 0 Å². The number of nitrogens with zero attached hydrogens (tertiary/aromatic N) is 1. The number of likely N-dealkylation sites (tertiary alicyclic amines) is 1. The van der Waals surface area contributed by atoms with Gasteiger partial charge in [0.15, 0.2) is 11.5 Å². The predicted molar refractivity (Wildman–Crippen MR) is 79.7 cm³/mol. The molecule has 1 amide bonds. The number of benzene rings is 1. The molecule has 1 aromatic carbocycles. The van der Waals surface area contributed by atoms with E-state index in [1.54, 1.807) is 0 Å². The van der Waals surface area contributed by atoms with Crippen LogP contribution in [0.4, 0.5) is 0 Å². The quantitative estimate of drug-likeness (QED) is 0.891. The van der Waals surface area contributed by atoms with Gasteiger partial charge in [-0.2, -0.15) is 0 Å². The molecule has 0 aromatic heterocycles. The van der Waals surface area contributed by atoms with Gasteiger partial charge >= 0.3 is 0 Å². The molecule has 1 atom stereocenters. The van der Waals surface area contributed by atoms with Crippen molar-refractivity contribution in [1.82, 2.24) is 10.2 Å². The van der Waals surface area contributed by atoms with Crippen LogP contribution in [0.25, 0.3) is 0 Å². The van der Waals surface area contributed by atoms with Gasteiger partial charge in [-0.3, -0.25) is 4.79 Å². The van der Waals surface area contributed by atoms with Gasteiger partial charge in [-0.1, -0.05) is 12.1 Å². The van der Waals surface area contributed by atoms with Crippen LogP contribution in [0.3, 0.4) is 0 Å². The van der Waals surface area contributed by atoms with Crippen LogP contribution in [-0.4, -0.2) is 49.7 Å². The summed E-state index contributed by atoms with van der Waals surface area (Å²) < 4.78 is 11.4. The number of ether oxygens (including phenoxy) is 2. The molecule has 3 rings (SSSR count). The van der Waals surface area contributed by atoms with E-state index in [0.29, 0.717) is 19.6 Å². The molecule has 0 radical (unpaired) electrons. The maximum absolute atomic E-state index is 11.9. The van der Waals surface area contributed by atoms with Gasteiger partial charge in [-0.15, -0.1) is 0 Å². The van der Waals surface area contributed by atoms with Crippen LogP contribution in [-0.2, 0) is 4.79 Å². The normalized spacial score (nSPS) is 21.2. The Morgan fingerprint density at radius 2 is 2.00 bits per heavy atom. The molecule has 1 unspecified atom stereocenters. The zero-order valence-corrected chi connectivity index (χ0v) is 12.2. The average molecular weight is 290 g/mol. The fraction of sp³-hybridized carbons (Fsp3) is 0.562. The van der Waals surface area contributed by atoms with Crippen LogP contribution in [0.2, 0.25) is 0 Å². The molecule has 1 fully saturated rings. The minimum atomic E-state index is -0.115. The summed E-state index contributed by atoms with van der Waals surface area (Å²) in [6.07, 6.45) is 2.96. The van der Waals surface area contributed by atoms with E-state index in [1.165, 1.54) is 12.8 Å². The van der Waals surface area contributed by atoms with Gasteiger partial charge in [0.25, 0.3) is 0 Å². The zero-order valence-electron chi connectivity index (χ0n) is 12.2. The van der Waals surface area contributed by atoms with Gasteiger partial charge in [0.05, 0.1) is 6.54 Å². The Morgan fingerprint density at radius 3 is 2.81 bits per heavy atom. The van der Waals surface area contributed by atoms with E-state index in [9.17, 15) is 4.79 Å². The van der Waals surface area contributed by atoms with E-state index < -0.39 is 0 Å². The first-order valence-corrected chi connectivity index (χ1v) is 7.69. The number of fused-ring (bicyclic) bond motifs is 1. The summed E-state index contributed by atoms with van der Waals surface area (Å²) in [5.41, 5.74) is 0. The molecule has 2 heterocycles. The number of hydrogen-bond donors (Lipinski definition) is 1. The Morgan fingerprint density at radius 1 is 1.24 bits per heavy atom. The molecular formula is C16H22N2O3. The summed E-state index contributed by atoms with van der Waals surface area (Å²) in [6, 6.07) is 7.61. The number of carbonyl (C=O) groups is 1. The van der Waals surface area contributed by atoms with E-state index in [0.717, 1.165) is 31.1 Å². The standard InChI is InChI=1S/C16H22N2O3/c19-16(7-10-18-8-3-4-9-18)17-11-13-12-20-14-5-1-2-6-15(14)21-13/h1-2,5-6,13H,3-4,7-12H2,(H,17,19). The van der Waals surface area contributed by atoms with Crippen molar-refractivity contribution in [3.05, 3.63) is 24.3 Å². The predicted octanol–water partition coefficient (Wildman–Crippen LogP) is 1.43. The van der Waals surface area contributed by atoms with Gasteiger partial charge in [0.1, 0.15) is 12.7 Å². The Labute approximate surface area is 125 Å². The highest BCUT2D eigenvalue weighted by atomic mass is 16.6. The monoisotopic (exact) mass is 290 g/mol. The summed E-state index contributed by atoms with van der Waals surface area (Å²) in [5, 5.41) is 2.94. The van der Waals surface area contributed by atoms with Gasteiger partial charge in [0.2, 0.25) is 5.91 Å². The Hall–Kier alpha value is -1.75. The molecule has 1 N–H and O–H groups in total. The number of carbonyl (C=O) groups excluding carboxylic acids is 1. The first-order chi connectivity index (χ1) is 10.3. The molecule has 0 aliphatic carbocycles. The minimum absolute atomic E-state index is 0.0874. The number of hydrogen-bond acceptors (Lipinski definition) is 4. The fourth-order valence-corrected chi connectivity index (χ4v) is 2.75. The number of para-hydroxylation sites is 2. The summed E-state index contributed by atoms with van der Waals surface area (Å²) in [7, 11) is 0. The van der Waals surface area contributed by atoms with Crippen molar-refractivity contribution in [2.24, 2.45) is 0 Å². The van der Waals surface area contributed by atoms with Crippen molar-refractivity contribution >= 4 is 5.91 Å². The van der Waals surface area contributed by atoms with Crippen LogP contribution in [0.15, 0.2) is 24.3 Å². The first-order valence-electron chi connectivity index (χ1n) is 7.69. The number of nitrogens with one attached hydrogen (secondary N) is 1. The third kappa shape index (κ3) is 3.88. The topological polar surface area (TPSA) is 50.8 Å². The largest absolute Gasteiger partial charge is 0.486 e. The van der Waals surface area contributed by atoms with E-state index in [1.807, 2.05) is 24.3 Å². The third-order valence-electron chi connectivity index (χ3n) is 3.95. The van der Waals surface area contributed by atoms with Crippen LogP contribution >= 0.6 is 0 Å². The van der Waals surface area contributed by atoms with Crippen LogP contribution < -0.4 is 14.8 Å². The molecule has 114 valence electrons. The number of rotatable bonds is 5. The fourth-order valence-electron chi connectivity index (χ4n) is 2.75. The van der Waals surface area contributed by atoms with Gasteiger partial charge in [-0.05, 0) is 38.1 Å². The highest BCUT2D eigenvalue weighted by Gasteiger charge is 2.21. The molecule has 21 heavy (non-hydrogen) atoms. The highest BCUT2D eigenvalue weighted by Crippen LogP contribution is 2.30. The Balaban J connectivity index is 1.38. The Bertz CT molecular complexity index is 486. The molecule has 0 spiro atoms. The lowest BCUT2D eigenvalue weighted by Gasteiger charge is -2.26. The van der Waals surface area contributed by atoms with E-state index >= 15 is 0 Å². The lowest BCUT2D eigenvalue weighted by molar-refractivity contribution is -0.121. The van der Waals surface area contributed by atoms with Crippen LogP contribution in [0.1, 0.15) is 19.3 Å². The molecule has 1 saturated heterocycles. The zero-order chi connectivity index (χ0) is 14.5. The van der Waals surface area contributed by atoms with Crippen molar-refractivity contribution in [3.63, 3.8) is 0 Å². The molecule has 2 aliphatic rings. The van der Waals surface area contributed by atoms with Crippen molar-refractivity contribution in [2.45, 2.75) is 25.4 Å². The minimum Gasteiger partial charge on any atom is -0.486 e. The van der Waals surface area contributed by atoms with E-state index in [2.05, 4.69) is 10.2 Å². The van der Waals surface area contributed by atoms with E-state index in [4.69, 9.17) is 9.47 Å². The van der Waals surface area contributed by atoms with Crippen molar-refractivity contribution in [1.29, 1.82) is 0 Å². The van der Waals surface area contributed by atoms with Gasteiger partial charge < -0.3 is 19.7 Å². The summed E-state index contributed by atoms with van der Waals surface area (Å²) in [6.45, 7) is 4.08. The second-order valence-corrected chi connectivity index (χ2v) is 5.60. The number of amides is 1.